The van der Waals surface area contributed by atoms with Crippen LogP contribution in [0.3, 0.4) is 0 Å². The van der Waals surface area contributed by atoms with Crippen LogP contribution in [0.1, 0.15) is 27.7 Å². The number of hydrogen-bond acceptors (Lipinski definition) is 9. The Balaban J connectivity index is 3.05. The third-order valence-corrected chi connectivity index (χ3v) is 2.96. The summed E-state index contributed by atoms with van der Waals surface area (Å²) in [6.45, 7) is 7.98. The number of esters is 4. The Hall–Kier alpha value is -2.58. The monoisotopic (exact) mass is 344 g/mol. The molecule has 0 bridgehead atoms. The van der Waals surface area contributed by atoms with Gasteiger partial charge >= 0.3 is 23.9 Å². The zero-order valence-corrected chi connectivity index (χ0v) is 13.9. The van der Waals surface area contributed by atoms with Crippen LogP contribution >= 0.6 is 0 Å². The molecule has 1 aliphatic heterocycles. The molecule has 1 heterocycles. The Morgan fingerprint density at radius 3 is 2.04 bits per heavy atom. The molecule has 0 radical (unpaired) electrons. The fourth-order valence-corrected chi connectivity index (χ4v) is 2.19. The first kappa shape index (κ1) is 19.5. The summed E-state index contributed by atoms with van der Waals surface area (Å²) in [4.78, 5) is 44.9. The summed E-state index contributed by atoms with van der Waals surface area (Å²) in [7, 11) is 0. The third-order valence-electron chi connectivity index (χ3n) is 2.96. The highest BCUT2D eigenvalue weighted by Crippen LogP contribution is 2.32. The van der Waals surface area contributed by atoms with E-state index < -0.39 is 48.3 Å². The first-order valence-corrected chi connectivity index (χ1v) is 7.12. The van der Waals surface area contributed by atoms with E-state index in [9.17, 15) is 19.2 Å². The predicted molar refractivity (Wildman–Crippen MR) is 77.3 cm³/mol. The molecule has 0 aromatic carbocycles. The van der Waals surface area contributed by atoms with Crippen molar-refractivity contribution in [1.82, 2.24) is 0 Å². The Kier molecular flexibility index (Phi) is 6.75. The van der Waals surface area contributed by atoms with Crippen molar-refractivity contribution in [3.05, 3.63) is 12.3 Å². The molecule has 4 atom stereocenters. The highest BCUT2D eigenvalue weighted by atomic mass is 16.7. The van der Waals surface area contributed by atoms with Crippen molar-refractivity contribution >= 4 is 23.9 Å². The maximum Gasteiger partial charge on any atom is 0.303 e. The zero-order valence-electron chi connectivity index (χ0n) is 13.9. The van der Waals surface area contributed by atoms with Gasteiger partial charge in [-0.1, -0.05) is 6.58 Å². The molecule has 1 fully saturated rings. The van der Waals surface area contributed by atoms with Gasteiger partial charge in [0.15, 0.2) is 24.4 Å². The number of carbonyl (C=O) groups is 4. The molecule has 24 heavy (non-hydrogen) atoms. The molecule has 0 amide bonds. The molecule has 1 rings (SSSR count). The normalized spacial score (nSPS) is 23.7. The van der Waals surface area contributed by atoms with E-state index in [0.29, 0.717) is 0 Å². The van der Waals surface area contributed by atoms with Crippen molar-refractivity contribution in [3.8, 4) is 0 Å². The lowest BCUT2D eigenvalue weighted by Gasteiger charge is -2.27. The van der Waals surface area contributed by atoms with E-state index in [4.69, 9.17) is 23.7 Å². The molecule has 9 heteroatoms. The van der Waals surface area contributed by atoms with Crippen LogP contribution < -0.4 is 0 Å². The van der Waals surface area contributed by atoms with Gasteiger partial charge in [0.05, 0.1) is 0 Å². The largest absolute Gasteiger partial charge is 0.483 e. The second kappa shape index (κ2) is 8.32. The van der Waals surface area contributed by atoms with Gasteiger partial charge in [-0.15, -0.1) is 0 Å². The van der Waals surface area contributed by atoms with Crippen molar-refractivity contribution in [1.29, 1.82) is 0 Å². The first-order chi connectivity index (χ1) is 11.1. The van der Waals surface area contributed by atoms with Gasteiger partial charge in [-0.3, -0.25) is 19.2 Å². The van der Waals surface area contributed by atoms with Crippen LogP contribution in [0.15, 0.2) is 12.3 Å². The second-order valence-corrected chi connectivity index (χ2v) is 5.10. The van der Waals surface area contributed by atoms with E-state index in [1.807, 2.05) is 0 Å². The minimum Gasteiger partial charge on any atom is -0.483 e. The Bertz CT molecular complexity index is 539. The van der Waals surface area contributed by atoms with Gasteiger partial charge < -0.3 is 23.7 Å². The molecule has 0 aromatic rings. The van der Waals surface area contributed by atoms with E-state index in [-0.39, 0.29) is 12.4 Å². The summed E-state index contributed by atoms with van der Waals surface area (Å²) >= 11 is 0. The molecule has 0 saturated carbocycles. The molecule has 1 aliphatic rings. The van der Waals surface area contributed by atoms with Crippen molar-refractivity contribution in [2.75, 3.05) is 6.61 Å². The molecule has 0 N–H and O–H groups in total. The summed E-state index contributed by atoms with van der Waals surface area (Å²) in [5, 5.41) is 0. The van der Waals surface area contributed by atoms with E-state index in [0.717, 1.165) is 13.8 Å². The van der Waals surface area contributed by atoms with Crippen molar-refractivity contribution in [2.45, 2.75) is 52.1 Å². The van der Waals surface area contributed by atoms with Crippen LogP contribution in [0.4, 0.5) is 0 Å². The topological polar surface area (TPSA) is 114 Å². The lowest BCUT2D eigenvalue weighted by atomic mass is 10.1. The number of ether oxygens (including phenoxy) is 5. The maximum atomic E-state index is 11.4. The molecule has 134 valence electrons. The van der Waals surface area contributed by atoms with Gasteiger partial charge in [-0.25, -0.2) is 0 Å². The fourth-order valence-electron chi connectivity index (χ4n) is 2.19. The Morgan fingerprint density at radius 2 is 1.58 bits per heavy atom. The van der Waals surface area contributed by atoms with Crippen molar-refractivity contribution in [2.24, 2.45) is 0 Å². The summed E-state index contributed by atoms with van der Waals surface area (Å²) in [6.07, 6.45) is -4.28. The molecular formula is C15H20O9. The van der Waals surface area contributed by atoms with Gasteiger partial charge in [0, 0.05) is 27.7 Å². The van der Waals surface area contributed by atoms with Crippen LogP contribution in [-0.2, 0) is 42.9 Å². The fraction of sp³-hybridized carbons (Fsp3) is 0.600. The molecule has 1 saturated heterocycles. The Morgan fingerprint density at radius 1 is 1.00 bits per heavy atom. The standard InChI is InChI=1S/C15H20O9/c1-7-13(23-10(4)18)15(24-11(5)19)14(21-7)12(22-9(3)17)6-20-8(2)16/h12-15H,1,6H2,2-5H3/t12-,13+,14-,15-/m1/s1. The van der Waals surface area contributed by atoms with E-state index in [1.54, 1.807) is 0 Å². The molecule has 0 unspecified atom stereocenters. The lowest BCUT2D eigenvalue weighted by Crippen LogP contribution is -2.46. The third kappa shape index (κ3) is 5.56. The van der Waals surface area contributed by atoms with E-state index in [2.05, 4.69) is 6.58 Å². The van der Waals surface area contributed by atoms with Crippen molar-refractivity contribution in [3.63, 3.8) is 0 Å². The van der Waals surface area contributed by atoms with E-state index in [1.165, 1.54) is 13.8 Å². The Labute approximate surface area is 138 Å². The van der Waals surface area contributed by atoms with Crippen LogP contribution in [0, 0.1) is 0 Å². The quantitative estimate of drug-likeness (QED) is 0.494. The zero-order chi connectivity index (χ0) is 18.4. The summed E-state index contributed by atoms with van der Waals surface area (Å²) in [5.41, 5.74) is 0. The molecule has 0 aliphatic carbocycles. The summed E-state index contributed by atoms with van der Waals surface area (Å²) in [6, 6.07) is 0. The molecule has 0 aromatic heterocycles. The second-order valence-electron chi connectivity index (χ2n) is 5.10. The predicted octanol–water partition coefficient (Wildman–Crippen LogP) is 0.257. The van der Waals surface area contributed by atoms with E-state index >= 15 is 0 Å². The highest BCUT2D eigenvalue weighted by molar-refractivity contribution is 5.68. The van der Waals surface area contributed by atoms with Crippen molar-refractivity contribution < 1.29 is 42.9 Å². The smallest absolute Gasteiger partial charge is 0.303 e. The van der Waals surface area contributed by atoms with Crippen LogP contribution in [0.2, 0.25) is 0 Å². The van der Waals surface area contributed by atoms with Gasteiger partial charge in [0.25, 0.3) is 0 Å². The molecular weight excluding hydrogens is 324 g/mol. The molecule has 9 nitrogen and oxygen atoms in total. The van der Waals surface area contributed by atoms with Crippen LogP contribution in [-0.4, -0.2) is 54.9 Å². The van der Waals surface area contributed by atoms with Gasteiger partial charge in [0.2, 0.25) is 0 Å². The lowest BCUT2D eigenvalue weighted by molar-refractivity contribution is -0.176. The average Bonchev–Trinajstić information content (AvgIpc) is 2.70. The van der Waals surface area contributed by atoms with Gasteiger partial charge in [0.1, 0.15) is 12.4 Å². The van der Waals surface area contributed by atoms with Crippen LogP contribution in [0.25, 0.3) is 0 Å². The van der Waals surface area contributed by atoms with Gasteiger partial charge in [-0.2, -0.15) is 0 Å². The number of carbonyl (C=O) groups excluding carboxylic acids is 4. The number of rotatable bonds is 6. The number of hydrogen-bond donors (Lipinski definition) is 0. The average molecular weight is 344 g/mol. The molecule has 0 spiro atoms. The highest BCUT2D eigenvalue weighted by Gasteiger charge is 2.50. The SMILES string of the molecule is C=C1O[C@H]([C@@H](COC(C)=O)OC(C)=O)[C@H](OC(C)=O)[C@H]1OC(C)=O. The summed E-state index contributed by atoms with van der Waals surface area (Å²) < 4.78 is 25.6. The minimum absolute atomic E-state index is 0.0291. The van der Waals surface area contributed by atoms with Gasteiger partial charge in [-0.05, 0) is 0 Å². The minimum atomic E-state index is -1.10. The first-order valence-electron chi connectivity index (χ1n) is 7.12. The van der Waals surface area contributed by atoms with Crippen LogP contribution in [0.5, 0.6) is 0 Å². The summed E-state index contributed by atoms with van der Waals surface area (Å²) in [5.74, 6) is -2.51. The maximum absolute atomic E-state index is 11.4.